The lowest BCUT2D eigenvalue weighted by Gasteiger charge is -2.10. The van der Waals surface area contributed by atoms with Crippen molar-refractivity contribution in [3.63, 3.8) is 0 Å². The normalized spacial score (nSPS) is 16.9. The highest BCUT2D eigenvalue weighted by atomic mass is 16.3. The Labute approximate surface area is 116 Å². The fourth-order valence-corrected chi connectivity index (χ4v) is 2.66. The molecule has 0 saturated heterocycles. The minimum Gasteiger partial charge on any atom is -0.396 e. The molecule has 2 heteroatoms. The van der Waals surface area contributed by atoms with Crippen molar-refractivity contribution in [2.24, 2.45) is 11.7 Å². The molecule has 0 aliphatic heterocycles. The van der Waals surface area contributed by atoms with Crippen LogP contribution in [0.25, 0.3) is 0 Å². The number of aliphatic hydroxyl groups excluding tert-OH is 1. The summed E-state index contributed by atoms with van der Waals surface area (Å²) in [5, 5.41) is 8.92. The van der Waals surface area contributed by atoms with E-state index in [4.69, 9.17) is 10.8 Å². The lowest BCUT2D eigenvalue weighted by Crippen LogP contribution is -2.11. The maximum absolute atomic E-state index is 8.92. The third-order valence-electron chi connectivity index (χ3n) is 3.85. The van der Waals surface area contributed by atoms with E-state index in [2.05, 4.69) is 11.8 Å². The molecule has 1 unspecified atom stereocenters. The Balaban J connectivity index is 1.96. The quantitative estimate of drug-likeness (QED) is 0.815. The standard InChI is InChI=1S/C17H23NO/c18-17(11-12-19)16-10-4-9-15(13-16)8-3-7-14-5-1-2-6-14/h4,9-10,13-14,17,19H,1-2,5-7,11-12,18H2. The van der Waals surface area contributed by atoms with Gasteiger partial charge in [-0.15, -0.1) is 0 Å². The average Bonchev–Trinajstić information content (AvgIpc) is 2.93. The summed E-state index contributed by atoms with van der Waals surface area (Å²) in [5.74, 6) is 7.35. The van der Waals surface area contributed by atoms with Gasteiger partial charge in [0.2, 0.25) is 0 Å². The zero-order valence-electron chi connectivity index (χ0n) is 11.4. The number of benzene rings is 1. The first-order valence-electron chi connectivity index (χ1n) is 7.25. The molecule has 0 bridgehead atoms. The number of aliphatic hydroxyl groups is 1. The maximum atomic E-state index is 8.92. The molecule has 1 aromatic carbocycles. The van der Waals surface area contributed by atoms with Crippen LogP contribution in [0.3, 0.4) is 0 Å². The van der Waals surface area contributed by atoms with E-state index in [9.17, 15) is 0 Å². The molecule has 2 nitrogen and oxygen atoms in total. The summed E-state index contributed by atoms with van der Waals surface area (Å²) >= 11 is 0. The van der Waals surface area contributed by atoms with Gasteiger partial charge in [-0.05, 0) is 42.9 Å². The first-order chi connectivity index (χ1) is 9.29. The molecule has 0 aromatic heterocycles. The van der Waals surface area contributed by atoms with Crippen LogP contribution in [0.1, 0.15) is 55.7 Å². The van der Waals surface area contributed by atoms with Crippen molar-refractivity contribution >= 4 is 0 Å². The molecular weight excluding hydrogens is 234 g/mol. The molecule has 2 rings (SSSR count). The van der Waals surface area contributed by atoms with E-state index >= 15 is 0 Å². The molecule has 0 radical (unpaired) electrons. The van der Waals surface area contributed by atoms with Gasteiger partial charge >= 0.3 is 0 Å². The zero-order valence-corrected chi connectivity index (χ0v) is 11.4. The summed E-state index contributed by atoms with van der Waals surface area (Å²) in [6.07, 6.45) is 7.05. The SMILES string of the molecule is NC(CCO)c1cccc(C#CCC2CCCC2)c1. The van der Waals surface area contributed by atoms with Gasteiger partial charge in [-0.3, -0.25) is 0 Å². The molecule has 102 valence electrons. The Bertz CT molecular complexity index is 452. The fraction of sp³-hybridized carbons (Fsp3) is 0.529. The number of hydrogen-bond acceptors (Lipinski definition) is 2. The highest BCUT2D eigenvalue weighted by Gasteiger charge is 2.12. The Morgan fingerprint density at radius 3 is 2.84 bits per heavy atom. The molecular formula is C17H23NO. The second-order valence-corrected chi connectivity index (χ2v) is 5.40. The highest BCUT2D eigenvalue weighted by Crippen LogP contribution is 2.26. The molecule has 3 N–H and O–H groups in total. The van der Waals surface area contributed by atoms with E-state index in [0.717, 1.165) is 23.5 Å². The predicted molar refractivity (Wildman–Crippen MR) is 78.5 cm³/mol. The van der Waals surface area contributed by atoms with Crippen LogP contribution in [-0.4, -0.2) is 11.7 Å². The third-order valence-corrected chi connectivity index (χ3v) is 3.85. The summed E-state index contributed by atoms with van der Waals surface area (Å²) in [6.45, 7) is 0.124. The first kappa shape index (κ1) is 14.1. The van der Waals surface area contributed by atoms with E-state index in [1.54, 1.807) is 0 Å². The molecule has 1 atom stereocenters. The molecule has 1 aromatic rings. The smallest absolute Gasteiger partial charge is 0.0449 e. The fourth-order valence-electron chi connectivity index (χ4n) is 2.66. The predicted octanol–water partition coefficient (Wildman–Crippen LogP) is 3.00. The van der Waals surface area contributed by atoms with Crippen molar-refractivity contribution in [2.45, 2.75) is 44.6 Å². The van der Waals surface area contributed by atoms with Gasteiger partial charge in [0.25, 0.3) is 0 Å². The first-order valence-corrected chi connectivity index (χ1v) is 7.25. The van der Waals surface area contributed by atoms with E-state index in [0.29, 0.717) is 6.42 Å². The van der Waals surface area contributed by atoms with E-state index in [1.165, 1.54) is 25.7 Å². The van der Waals surface area contributed by atoms with Crippen LogP contribution < -0.4 is 5.73 Å². The molecule has 0 amide bonds. The maximum Gasteiger partial charge on any atom is 0.0449 e. The zero-order chi connectivity index (χ0) is 13.5. The second-order valence-electron chi connectivity index (χ2n) is 5.40. The lowest BCUT2D eigenvalue weighted by molar-refractivity contribution is 0.276. The lowest BCUT2D eigenvalue weighted by atomic mass is 10.0. The van der Waals surface area contributed by atoms with E-state index in [1.807, 2.05) is 24.3 Å². The summed E-state index contributed by atoms with van der Waals surface area (Å²) in [6, 6.07) is 7.97. The molecule has 1 aliphatic carbocycles. The van der Waals surface area contributed by atoms with Crippen LogP contribution in [0.15, 0.2) is 24.3 Å². The van der Waals surface area contributed by atoms with E-state index < -0.39 is 0 Å². The summed E-state index contributed by atoms with van der Waals surface area (Å²) in [4.78, 5) is 0. The highest BCUT2D eigenvalue weighted by molar-refractivity contribution is 5.38. The van der Waals surface area contributed by atoms with Gasteiger partial charge < -0.3 is 10.8 Å². The van der Waals surface area contributed by atoms with Crippen LogP contribution in [0.4, 0.5) is 0 Å². The molecule has 1 saturated carbocycles. The summed E-state index contributed by atoms with van der Waals surface area (Å²) in [7, 11) is 0. The van der Waals surface area contributed by atoms with Gasteiger partial charge in [-0.25, -0.2) is 0 Å². The van der Waals surface area contributed by atoms with Crippen molar-refractivity contribution in [2.75, 3.05) is 6.61 Å². The molecule has 0 heterocycles. The van der Waals surface area contributed by atoms with Gasteiger partial charge in [0, 0.05) is 24.6 Å². The number of nitrogens with two attached hydrogens (primary N) is 1. The van der Waals surface area contributed by atoms with Crippen LogP contribution >= 0.6 is 0 Å². The molecule has 0 spiro atoms. The van der Waals surface area contributed by atoms with Gasteiger partial charge in [-0.1, -0.05) is 36.8 Å². The number of rotatable bonds is 4. The van der Waals surface area contributed by atoms with Crippen LogP contribution in [0.5, 0.6) is 0 Å². The van der Waals surface area contributed by atoms with Gasteiger partial charge in [0.1, 0.15) is 0 Å². The van der Waals surface area contributed by atoms with Crippen LogP contribution in [-0.2, 0) is 0 Å². The van der Waals surface area contributed by atoms with Crippen molar-refractivity contribution in [1.29, 1.82) is 0 Å². The Morgan fingerprint density at radius 2 is 2.11 bits per heavy atom. The number of hydrogen-bond donors (Lipinski definition) is 2. The van der Waals surface area contributed by atoms with Gasteiger partial charge in [0.05, 0.1) is 0 Å². The van der Waals surface area contributed by atoms with Crippen LogP contribution in [0.2, 0.25) is 0 Å². The van der Waals surface area contributed by atoms with E-state index in [-0.39, 0.29) is 12.6 Å². The van der Waals surface area contributed by atoms with Crippen molar-refractivity contribution in [1.82, 2.24) is 0 Å². The minimum atomic E-state index is -0.0958. The summed E-state index contributed by atoms with van der Waals surface area (Å²) < 4.78 is 0. The molecule has 1 aliphatic rings. The van der Waals surface area contributed by atoms with Crippen molar-refractivity contribution in [3.05, 3.63) is 35.4 Å². The molecule has 19 heavy (non-hydrogen) atoms. The van der Waals surface area contributed by atoms with Gasteiger partial charge in [-0.2, -0.15) is 0 Å². The largest absolute Gasteiger partial charge is 0.396 e. The third kappa shape index (κ3) is 4.38. The Hall–Kier alpha value is -1.30. The Morgan fingerprint density at radius 1 is 1.32 bits per heavy atom. The van der Waals surface area contributed by atoms with Crippen molar-refractivity contribution in [3.8, 4) is 11.8 Å². The topological polar surface area (TPSA) is 46.2 Å². The average molecular weight is 257 g/mol. The second kappa shape index (κ2) is 7.33. The monoisotopic (exact) mass is 257 g/mol. The van der Waals surface area contributed by atoms with Crippen molar-refractivity contribution < 1.29 is 5.11 Å². The van der Waals surface area contributed by atoms with Crippen LogP contribution in [0, 0.1) is 17.8 Å². The Kier molecular flexibility index (Phi) is 5.44. The minimum absolute atomic E-state index is 0.0958. The molecule has 1 fully saturated rings. The summed E-state index contributed by atoms with van der Waals surface area (Å²) in [5.41, 5.74) is 8.08. The van der Waals surface area contributed by atoms with Gasteiger partial charge in [0.15, 0.2) is 0 Å².